The molecule has 1 aromatic carbocycles. The van der Waals surface area contributed by atoms with Crippen molar-refractivity contribution in [2.75, 3.05) is 0 Å². The Kier molecular flexibility index (Phi) is 5.02. The normalized spacial score (nSPS) is 9.94. The highest BCUT2D eigenvalue weighted by molar-refractivity contribution is 5.67. The maximum atomic E-state index is 12.9. The Morgan fingerprint density at radius 3 is 1.59 bits per heavy atom. The lowest BCUT2D eigenvalue weighted by molar-refractivity contribution is -0.136. The van der Waals surface area contributed by atoms with Crippen LogP contribution in [0.4, 0.5) is 22.0 Å². The zero-order valence-electron chi connectivity index (χ0n) is 8.37. The molecule has 0 fully saturated rings. The van der Waals surface area contributed by atoms with Crippen molar-refractivity contribution in [2.24, 2.45) is 0 Å². The monoisotopic (exact) mass is 257 g/mol. The van der Waals surface area contributed by atoms with Crippen molar-refractivity contribution in [1.29, 1.82) is 0 Å². The van der Waals surface area contributed by atoms with Crippen LogP contribution in [0.2, 0.25) is 0 Å². The number of hydrogen-bond acceptors (Lipinski definition) is 2. The summed E-state index contributed by atoms with van der Waals surface area (Å²) in [6, 6.07) is 0. The lowest BCUT2D eigenvalue weighted by Crippen LogP contribution is -2.09. The van der Waals surface area contributed by atoms with E-state index in [9.17, 15) is 26.7 Å². The molecule has 0 spiro atoms. The van der Waals surface area contributed by atoms with Gasteiger partial charge in [-0.3, -0.25) is 4.79 Å². The fraction of sp³-hybridized carbons (Fsp3) is 0.222. The third-order valence-corrected chi connectivity index (χ3v) is 1.89. The van der Waals surface area contributed by atoms with Crippen LogP contribution in [0.25, 0.3) is 0 Å². The van der Waals surface area contributed by atoms with Crippen molar-refractivity contribution in [3.63, 3.8) is 0 Å². The molecule has 0 amide bonds. The highest BCUT2D eigenvalue weighted by Crippen LogP contribution is 2.23. The quantitative estimate of drug-likeness (QED) is 0.496. The molecule has 0 bridgehead atoms. The molecule has 0 radical (unpaired) electrons. The number of carbonyl (C=O) groups is 1. The number of benzene rings is 1. The molecule has 0 aliphatic heterocycles. The lowest BCUT2D eigenvalue weighted by Gasteiger charge is -2.06. The van der Waals surface area contributed by atoms with Gasteiger partial charge in [-0.05, 0) is 6.42 Å². The molecule has 1 aromatic rings. The minimum absolute atomic E-state index is 0. The first-order valence-corrected chi connectivity index (χ1v) is 4.08. The van der Waals surface area contributed by atoms with Gasteiger partial charge in [-0.15, -0.1) is 0 Å². The molecule has 17 heavy (non-hydrogen) atoms. The van der Waals surface area contributed by atoms with Gasteiger partial charge in [-0.2, -0.15) is 0 Å². The maximum absolute atomic E-state index is 12.9. The molecule has 0 saturated carbocycles. The number of halogens is 5. The summed E-state index contributed by atoms with van der Waals surface area (Å²) in [5.41, 5.74) is -1.11. The average Bonchev–Trinajstić information content (AvgIpc) is 2.23. The first-order chi connectivity index (χ1) is 7.36. The largest absolute Gasteiger partial charge is 0.481 e. The summed E-state index contributed by atoms with van der Waals surface area (Å²) in [6.07, 6.45) is -1.49. The molecule has 0 aromatic heterocycles. The van der Waals surface area contributed by atoms with Gasteiger partial charge in [0.1, 0.15) is 0 Å². The smallest absolute Gasteiger partial charge is 0.303 e. The number of carboxylic acid groups (broad SMARTS) is 1. The van der Waals surface area contributed by atoms with Crippen LogP contribution in [0.5, 0.6) is 0 Å². The Morgan fingerprint density at radius 2 is 1.24 bits per heavy atom. The van der Waals surface area contributed by atoms with Gasteiger partial charge in [0.25, 0.3) is 0 Å². The third-order valence-electron chi connectivity index (χ3n) is 1.89. The molecule has 0 atom stereocenters. The Bertz CT molecular complexity index is 420. The van der Waals surface area contributed by atoms with Crippen molar-refractivity contribution in [2.45, 2.75) is 12.8 Å². The molecule has 0 aliphatic carbocycles. The fourth-order valence-corrected chi connectivity index (χ4v) is 1.10. The van der Waals surface area contributed by atoms with Crippen LogP contribution in [0, 0.1) is 29.1 Å². The van der Waals surface area contributed by atoms with Crippen molar-refractivity contribution in [3.8, 4) is 0 Å². The van der Waals surface area contributed by atoms with E-state index in [1.807, 2.05) is 0 Å². The Morgan fingerprint density at radius 1 is 0.882 bits per heavy atom. The van der Waals surface area contributed by atoms with Crippen molar-refractivity contribution in [1.82, 2.24) is 6.15 Å². The summed E-state index contributed by atoms with van der Waals surface area (Å²) >= 11 is 0. The van der Waals surface area contributed by atoms with E-state index in [0.717, 1.165) is 0 Å². The van der Waals surface area contributed by atoms with Crippen molar-refractivity contribution in [3.05, 3.63) is 34.6 Å². The van der Waals surface area contributed by atoms with E-state index in [4.69, 9.17) is 5.11 Å². The Labute approximate surface area is 92.4 Å². The van der Waals surface area contributed by atoms with E-state index in [1.54, 1.807) is 0 Å². The number of aliphatic carboxylic acids is 1. The average molecular weight is 257 g/mol. The fourth-order valence-electron chi connectivity index (χ4n) is 1.10. The summed E-state index contributed by atoms with van der Waals surface area (Å²) in [5, 5.41) is 8.24. The molecule has 0 saturated heterocycles. The van der Waals surface area contributed by atoms with Gasteiger partial charge in [0, 0.05) is 12.0 Å². The molecule has 1 rings (SSSR count). The van der Waals surface area contributed by atoms with E-state index in [0.29, 0.717) is 0 Å². The second-order valence-corrected chi connectivity index (χ2v) is 2.94. The third kappa shape index (κ3) is 2.90. The van der Waals surface area contributed by atoms with Crippen LogP contribution in [0.1, 0.15) is 12.0 Å². The van der Waals surface area contributed by atoms with Gasteiger partial charge in [-0.25, -0.2) is 22.0 Å². The molecule has 3 nitrogen and oxygen atoms in total. The maximum Gasteiger partial charge on any atom is 0.303 e. The number of hydrogen-bond donors (Lipinski definition) is 2. The minimum Gasteiger partial charge on any atom is -0.481 e. The first-order valence-electron chi connectivity index (χ1n) is 4.08. The topological polar surface area (TPSA) is 72.3 Å². The lowest BCUT2D eigenvalue weighted by atomic mass is 10.1. The van der Waals surface area contributed by atoms with Gasteiger partial charge in [0.15, 0.2) is 23.3 Å². The molecule has 0 heterocycles. The van der Waals surface area contributed by atoms with Crippen LogP contribution in [-0.2, 0) is 11.2 Å². The van der Waals surface area contributed by atoms with Crippen LogP contribution in [0.15, 0.2) is 0 Å². The first kappa shape index (κ1) is 15.3. The SMILES string of the molecule is N.O=C(O)CCc1c(F)c(F)c(F)c(F)c1F. The summed E-state index contributed by atoms with van der Waals surface area (Å²) < 4.78 is 63.7. The predicted molar refractivity (Wildman–Crippen MR) is 47.2 cm³/mol. The summed E-state index contributed by atoms with van der Waals surface area (Å²) in [5.74, 6) is -11.8. The predicted octanol–water partition coefficient (Wildman–Crippen LogP) is 2.56. The highest BCUT2D eigenvalue weighted by atomic mass is 19.2. The van der Waals surface area contributed by atoms with Crippen LogP contribution in [-0.4, -0.2) is 11.1 Å². The molecular weight excluding hydrogens is 249 g/mol. The Hall–Kier alpha value is -1.70. The standard InChI is InChI=1S/C9H5F5O2.H3N/c10-5-3(1-2-4(15)16)6(11)8(13)9(14)7(5)12;/h1-2H2,(H,15,16);1H3. The van der Waals surface area contributed by atoms with Crippen LogP contribution < -0.4 is 6.15 Å². The van der Waals surface area contributed by atoms with E-state index in [2.05, 4.69) is 0 Å². The van der Waals surface area contributed by atoms with Gasteiger partial charge in [-0.1, -0.05) is 0 Å². The zero-order chi connectivity index (χ0) is 12.5. The molecule has 4 N–H and O–H groups in total. The van der Waals surface area contributed by atoms with Crippen LogP contribution >= 0.6 is 0 Å². The van der Waals surface area contributed by atoms with Gasteiger partial charge in [0.2, 0.25) is 5.82 Å². The number of rotatable bonds is 3. The zero-order valence-corrected chi connectivity index (χ0v) is 8.37. The van der Waals surface area contributed by atoms with E-state index in [1.165, 1.54) is 0 Å². The Balaban J connectivity index is 0.00000256. The van der Waals surface area contributed by atoms with Crippen molar-refractivity contribution < 1.29 is 31.9 Å². The minimum atomic E-state index is -2.26. The van der Waals surface area contributed by atoms with Gasteiger partial charge >= 0.3 is 5.97 Å². The van der Waals surface area contributed by atoms with E-state index in [-0.39, 0.29) is 6.15 Å². The van der Waals surface area contributed by atoms with E-state index >= 15 is 0 Å². The van der Waals surface area contributed by atoms with Gasteiger partial charge < -0.3 is 11.3 Å². The summed E-state index contributed by atoms with van der Waals surface area (Å²) in [4.78, 5) is 10.1. The molecular formula is C9H8F5NO2. The van der Waals surface area contributed by atoms with Crippen LogP contribution in [0.3, 0.4) is 0 Å². The summed E-state index contributed by atoms with van der Waals surface area (Å²) in [7, 11) is 0. The molecule has 96 valence electrons. The second kappa shape index (κ2) is 5.58. The molecule has 0 unspecified atom stereocenters. The summed E-state index contributed by atoms with van der Waals surface area (Å²) in [6.45, 7) is 0. The molecule has 8 heteroatoms. The second-order valence-electron chi connectivity index (χ2n) is 2.94. The van der Waals surface area contributed by atoms with E-state index < -0.39 is 53.5 Å². The van der Waals surface area contributed by atoms with Crippen molar-refractivity contribution >= 4 is 5.97 Å². The van der Waals surface area contributed by atoms with Gasteiger partial charge in [0.05, 0.1) is 0 Å². The number of carboxylic acids is 1. The highest BCUT2D eigenvalue weighted by Gasteiger charge is 2.25. The molecule has 0 aliphatic rings.